The van der Waals surface area contributed by atoms with Gasteiger partial charge in [-0.1, -0.05) is 24.9 Å². The minimum atomic E-state index is 0.247. The summed E-state index contributed by atoms with van der Waals surface area (Å²) in [7, 11) is 0. The Labute approximate surface area is 119 Å². The van der Waals surface area contributed by atoms with Gasteiger partial charge in [-0.25, -0.2) is 0 Å². The van der Waals surface area contributed by atoms with Crippen LogP contribution in [0.5, 0.6) is 11.5 Å². The number of hydrogen-bond donors (Lipinski definition) is 1. The molecule has 0 fully saturated rings. The molecule has 0 aromatic heterocycles. The predicted molar refractivity (Wildman–Crippen MR) is 75.0 cm³/mol. The lowest BCUT2D eigenvalue weighted by Gasteiger charge is -2.07. The van der Waals surface area contributed by atoms with E-state index in [1.54, 1.807) is 0 Å². The highest BCUT2D eigenvalue weighted by Crippen LogP contribution is 2.39. The third kappa shape index (κ3) is 4.27. The molecule has 0 bridgehead atoms. The van der Waals surface area contributed by atoms with Crippen molar-refractivity contribution in [2.24, 2.45) is 0 Å². The topological polar surface area (TPSA) is 39.7 Å². The fourth-order valence-electron chi connectivity index (χ4n) is 1.85. The smallest absolute Gasteiger partial charge is 0.231 e. The molecule has 19 heavy (non-hydrogen) atoms. The molecule has 0 radical (unpaired) electrons. The van der Waals surface area contributed by atoms with Gasteiger partial charge in [0, 0.05) is 19.7 Å². The van der Waals surface area contributed by atoms with Crippen LogP contribution in [0.3, 0.4) is 0 Å². The number of nitrogens with one attached hydrogen (secondary N) is 1. The number of rotatable bonds is 8. The summed E-state index contributed by atoms with van der Waals surface area (Å²) < 4.78 is 16.1. The van der Waals surface area contributed by atoms with Gasteiger partial charge in [0.25, 0.3) is 0 Å². The van der Waals surface area contributed by atoms with Gasteiger partial charge in [0.2, 0.25) is 6.79 Å². The molecule has 106 valence electrons. The van der Waals surface area contributed by atoms with Gasteiger partial charge in [0.15, 0.2) is 11.5 Å². The molecule has 0 amide bonds. The van der Waals surface area contributed by atoms with Crippen LogP contribution in [0.15, 0.2) is 12.1 Å². The zero-order valence-electron chi connectivity index (χ0n) is 11.2. The second kappa shape index (κ2) is 7.58. The molecule has 0 aliphatic carbocycles. The van der Waals surface area contributed by atoms with E-state index in [0.717, 1.165) is 44.0 Å². The van der Waals surface area contributed by atoms with Gasteiger partial charge in [-0.3, -0.25) is 0 Å². The molecule has 1 aromatic rings. The van der Waals surface area contributed by atoms with Crippen LogP contribution in [0, 0.1) is 0 Å². The van der Waals surface area contributed by atoms with Crippen molar-refractivity contribution in [1.82, 2.24) is 5.32 Å². The van der Waals surface area contributed by atoms with E-state index in [1.165, 1.54) is 6.42 Å². The van der Waals surface area contributed by atoms with Gasteiger partial charge in [-0.15, -0.1) is 0 Å². The molecule has 1 aliphatic rings. The Balaban J connectivity index is 1.70. The molecule has 4 nitrogen and oxygen atoms in total. The van der Waals surface area contributed by atoms with E-state index in [-0.39, 0.29) is 6.79 Å². The van der Waals surface area contributed by atoms with Crippen LogP contribution < -0.4 is 14.8 Å². The number of ether oxygens (including phenoxy) is 3. The fourth-order valence-corrected chi connectivity index (χ4v) is 2.14. The molecule has 1 aromatic carbocycles. The number of benzene rings is 1. The molecule has 0 spiro atoms. The molecule has 1 heterocycles. The first kappa shape index (κ1) is 14.4. The van der Waals surface area contributed by atoms with E-state index in [2.05, 4.69) is 12.2 Å². The average Bonchev–Trinajstić information content (AvgIpc) is 2.86. The Morgan fingerprint density at radius 2 is 2.21 bits per heavy atom. The Morgan fingerprint density at radius 3 is 3.05 bits per heavy atom. The van der Waals surface area contributed by atoms with Gasteiger partial charge in [0.1, 0.15) is 0 Å². The highest BCUT2D eigenvalue weighted by atomic mass is 35.5. The van der Waals surface area contributed by atoms with Crippen LogP contribution in [0.2, 0.25) is 5.02 Å². The van der Waals surface area contributed by atoms with Crippen molar-refractivity contribution in [1.29, 1.82) is 0 Å². The summed E-state index contributed by atoms with van der Waals surface area (Å²) in [5.41, 5.74) is 1.09. The van der Waals surface area contributed by atoms with Crippen molar-refractivity contribution in [3.8, 4) is 11.5 Å². The maximum atomic E-state index is 6.11. The van der Waals surface area contributed by atoms with E-state index in [1.807, 2.05) is 12.1 Å². The average molecular weight is 286 g/mol. The SMILES string of the molecule is CCCCOCCNCc1cc(Cl)c2c(c1)OCO2. The Morgan fingerprint density at radius 1 is 1.32 bits per heavy atom. The molecule has 0 saturated heterocycles. The quantitative estimate of drug-likeness (QED) is 0.746. The van der Waals surface area contributed by atoms with Crippen molar-refractivity contribution < 1.29 is 14.2 Å². The summed E-state index contributed by atoms with van der Waals surface area (Å²) >= 11 is 6.11. The van der Waals surface area contributed by atoms with Crippen molar-refractivity contribution in [2.75, 3.05) is 26.6 Å². The van der Waals surface area contributed by atoms with Crippen molar-refractivity contribution in [3.63, 3.8) is 0 Å². The normalized spacial score (nSPS) is 12.9. The first-order valence-corrected chi connectivity index (χ1v) is 7.05. The fraction of sp³-hybridized carbons (Fsp3) is 0.571. The number of unbranched alkanes of at least 4 members (excludes halogenated alkanes) is 1. The third-order valence-electron chi connectivity index (χ3n) is 2.88. The summed E-state index contributed by atoms with van der Waals surface area (Å²) in [6.45, 7) is 5.55. The number of hydrogen-bond acceptors (Lipinski definition) is 4. The van der Waals surface area contributed by atoms with E-state index in [0.29, 0.717) is 10.8 Å². The monoisotopic (exact) mass is 285 g/mol. The molecule has 5 heteroatoms. The molecule has 1 aliphatic heterocycles. The molecule has 1 N–H and O–H groups in total. The molecular weight excluding hydrogens is 266 g/mol. The van der Waals surface area contributed by atoms with Crippen LogP contribution in [-0.4, -0.2) is 26.6 Å². The number of fused-ring (bicyclic) bond motifs is 1. The maximum Gasteiger partial charge on any atom is 0.231 e. The van der Waals surface area contributed by atoms with Gasteiger partial charge in [-0.05, 0) is 24.1 Å². The minimum Gasteiger partial charge on any atom is -0.454 e. The lowest BCUT2D eigenvalue weighted by Crippen LogP contribution is -2.19. The Hall–Kier alpha value is -0.970. The van der Waals surface area contributed by atoms with Crippen molar-refractivity contribution in [2.45, 2.75) is 26.3 Å². The summed E-state index contributed by atoms with van der Waals surface area (Å²) in [6.07, 6.45) is 2.29. The summed E-state index contributed by atoms with van der Waals surface area (Å²) in [5, 5.41) is 3.92. The second-order valence-electron chi connectivity index (χ2n) is 4.45. The molecule has 2 rings (SSSR count). The Kier molecular flexibility index (Phi) is 5.76. The van der Waals surface area contributed by atoms with Crippen LogP contribution in [0.4, 0.5) is 0 Å². The van der Waals surface area contributed by atoms with E-state index >= 15 is 0 Å². The van der Waals surface area contributed by atoms with Gasteiger partial charge in [-0.2, -0.15) is 0 Å². The zero-order valence-corrected chi connectivity index (χ0v) is 12.0. The minimum absolute atomic E-state index is 0.247. The standard InChI is InChI=1S/C14H20ClNO3/c1-2-3-5-17-6-4-16-9-11-7-12(15)14-13(8-11)18-10-19-14/h7-8,16H,2-6,9-10H2,1H3. The van der Waals surface area contributed by atoms with Crippen molar-refractivity contribution in [3.05, 3.63) is 22.7 Å². The lowest BCUT2D eigenvalue weighted by molar-refractivity contribution is 0.133. The third-order valence-corrected chi connectivity index (χ3v) is 3.16. The molecule has 0 atom stereocenters. The van der Waals surface area contributed by atoms with Crippen LogP contribution in [0.25, 0.3) is 0 Å². The van der Waals surface area contributed by atoms with Crippen LogP contribution in [-0.2, 0) is 11.3 Å². The van der Waals surface area contributed by atoms with Gasteiger partial charge >= 0.3 is 0 Å². The van der Waals surface area contributed by atoms with E-state index in [9.17, 15) is 0 Å². The van der Waals surface area contributed by atoms with Crippen molar-refractivity contribution >= 4 is 11.6 Å². The van der Waals surface area contributed by atoms with Gasteiger partial charge in [0.05, 0.1) is 11.6 Å². The predicted octanol–water partition coefficient (Wildman–Crippen LogP) is 2.98. The highest BCUT2D eigenvalue weighted by molar-refractivity contribution is 6.32. The van der Waals surface area contributed by atoms with Gasteiger partial charge < -0.3 is 19.5 Å². The molecule has 0 unspecified atom stereocenters. The first-order valence-electron chi connectivity index (χ1n) is 6.67. The summed E-state index contributed by atoms with van der Waals surface area (Å²) in [4.78, 5) is 0. The Bertz CT molecular complexity index is 412. The first-order chi connectivity index (χ1) is 9.31. The highest BCUT2D eigenvalue weighted by Gasteiger charge is 2.17. The molecular formula is C14H20ClNO3. The number of halogens is 1. The van der Waals surface area contributed by atoms with Crippen LogP contribution in [0.1, 0.15) is 25.3 Å². The van der Waals surface area contributed by atoms with E-state index < -0.39 is 0 Å². The maximum absolute atomic E-state index is 6.11. The lowest BCUT2D eigenvalue weighted by atomic mass is 10.2. The summed E-state index contributed by atoms with van der Waals surface area (Å²) in [6, 6.07) is 3.86. The second-order valence-corrected chi connectivity index (χ2v) is 4.86. The largest absolute Gasteiger partial charge is 0.454 e. The summed E-state index contributed by atoms with van der Waals surface area (Å²) in [5.74, 6) is 1.37. The molecule has 0 saturated carbocycles. The van der Waals surface area contributed by atoms with E-state index in [4.69, 9.17) is 25.8 Å². The van der Waals surface area contributed by atoms with Crippen LogP contribution >= 0.6 is 11.6 Å². The zero-order chi connectivity index (χ0) is 13.5.